The number of ether oxygens (including phenoxy) is 1. The van der Waals surface area contributed by atoms with Crippen molar-refractivity contribution in [2.45, 2.75) is 0 Å². The summed E-state index contributed by atoms with van der Waals surface area (Å²) in [6, 6.07) is 16.2. The van der Waals surface area contributed by atoms with Gasteiger partial charge < -0.3 is 4.74 Å². The highest BCUT2D eigenvalue weighted by Gasteiger charge is 2.04. The van der Waals surface area contributed by atoms with E-state index in [0.29, 0.717) is 5.88 Å². The van der Waals surface area contributed by atoms with Crippen molar-refractivity contribution >= 4 is 0 Å². The van der Waals surface area contributed by atoms with Crippen LogP contribution in [0.4, 0.5) is 4.39 Å². The van der Waals surface area contributed by atoms with E-state index >= 15 is 0 Å². The molecule has 0 aliphatic carbocycles. The first-order valence-electron chi connectivity index (χ1n) is 6.49. The number of hydrogen-bond donors (Lipinski definition) is 0. The zero-order valence-electron chi connectivity index (χ0n) is 11.5. The number of hydrogen-bond acceptors (Lipinski definition) is 3. The molecule has 1 aromatic heterocycles. The van der Waals surface area contributed by atoms with Gasteiger partial charge in [0.1, 0.15) is 5.82 Å². The third-order valence-electron chi connectivity index (χ3n) is 3.21. The Hall–Kier alpha value is -2.75. The van der Waals surface area contributed by atoms with Crippen LogP contribution in [0.2, 0.25) is 0 Å². The summed E-state index contributed by atoms with van der Waals surface area (Å²) >= 11 is 0. The molecule has 0 aliphatic rings. The summed E-state index contributed by atoms with van der Waals surface area (Å²) in [5, 5.41) is 7.78. The molecule has 0 spiro atoms. The van der Waals surface area contributed by atoms with E-state index in [2.05, 4.69) is 10.2 Å². The van der Waals surface area contributed by atoms with E-state index in [-0.39, 0.29) is 5.82 Å². The van der Waals surface area contributed by atoms with Gasteiger partial charge in [-0.25, -0.2) is 4.39 Å². The predicted octanol–water partition coefficient (Wildman–Crippen LogP) is 3.96. The third kappa shape index (κ3) is 2.89. The Morgan fingerprint density at radius 1 is 0.857 bits per heavy atom. The fourth-order valence-corrected chi connectivity index (χ4v) is 2.13. The van der Waals surface area contributed by atoms with Gasteiger partial charge in [-0.2, -0.15) is 5.10 Å². The molecule has 3 rings (SSSR count). The van der Waals surface area contributed by atoms with Crippen molar-refractivity contribution in [1.82, 2.24) is 10.2 Å². The van der Waals surface area contributed by atoms with Crippen LogP contribution in [0.15, 0.2) is 60.8 Å². The Kier molecular flexibility index (Phi) is 3.60. The molecule has 21 heavy (non-hydrogen) atoms. The van der Waals surface area contributed by atoms with Crippen LogP contribution in [0.5, 0.6) is 5.88 Å². The molecule has 0 fully saturated rings. The van der Waals surface area contributed by atoms with E-state index in [0.717, 1.165) is 22.3 Å². The first-order chi connectivity index (χ1) is 10.3. The minimum absolute atomic E-state index is 0.238. The van der Waals surface area contributed by atoms with Crippen LogP contribution in [0.1, 0.15) is 0 Å². The van der Waals surface area contributed by atoms with Crippen molar-refractivity contribution in [2.24, 2.45) is 0 Å². The van der Waals surface area contributed by atoms with Crippen LogP contribution in [0.3, 0.4) is 0 Å². The fraction of sp³-hybridized carbons (Fsp3) is 0.0588. The Balaban J connectivity index is 2.01. The summed E-state index contributed by atoms with van der Waals surface area (Å²) in [5.41, 5.74) is 3.91. The number of aromatic nitrogens is 2. The number of halogens is 1. The van der Waals surface area contributed by atoms with E-state index in [4.69, 9.17) is 4.74 Å². The Morgan fingerprint density at radius 3 is 2.29 bits per heavy atom. The van der Waals surface area contributed by atoms with Gasteiger partial charge in [0, 0.05) is 11.6 Å². The lowest BCUT2D eigenvalue weighted by Crippen LogP contribution is -1.91. The summed E-state index contributed by atoms with van der Waals surface area (Å²) < 4.78 is 18.1. The molecule has 0 amide bonds. The molecule has 3 aromatic rings. The van der Waals surface area contributed by atoms with Crippen molar-refractivity contribution < 1.29 is 9.13 Å². The Bertz CT molecular complexity index is 757. The molecule has 0 atom stereocenters. The number of methoxy groups -OCH3 is 1. The largest absolute Gasteiger partial charge is 0.480 e. The molecule has 0 saturated carbocycles. The summed E-state index contributed by atoms with van der Waals surface area (Å²) in [5.74, 6) is 0.234. The van der Waals surface area contributed by atoms with Crippen LogP contribution in [0.25, 0.3) is 22.3 Å². The third-order valence-corrected chi connectivity index (χ3v) is 3.21. The van der Waals surface area contributed by atoms with Gasteiger partial charge in [0.25, 0.3) is 0 Å². The zero-order chi connectivity index (χ0) is 14.7. The molecule has 0 radical (unpaired) electrons. The first-order valence-corrected chi connectivity index (χ1v) is 6.49. The van der Waals surface area contributed by atoms with Gasteiger partial charge in [0.2, 0.25) is 5.88 Å². The highest BCUT2D eigenvalue weighted by atomic mass is 19.1. The first kappa shape index (κ1) is 13.2. The topological polar surface area (TPSA) is 35.0 Å². The molecule has 104 valence electrons. The van der Waals surface area contributed by atoms with Crippen molar-refractivity contribution in [3.05, 3.63) is 66.6 Å². The molecule has 0 N–H and O–H groups in total. The average Bonchev–Trinajstić information content (AvgIpc) is 2.56. The van der Waals surface area contributed by atoms with Crippen LogP contribution in [0, 0.1) is 5.82 Å². The maximum atomic E-state index is 13.0. The van der Waals surface area contributed by atoms with E-state index in [1.165, 1.54) is 12.1 Å². The van der Waals surface area contributed by atoms with E-state index in [1.54, 1.807) is 25.4 Å². The Labute approximate surface area is 122 Å². The van der Waals surface area contributed by atoms with Crippen molar-refractivity contribution in [2.75, 3.05) is 7.11 Å². The second-order valence-electron chi connectivity index (χ2n) is 4.57. The van der Waals surface area contributed by atoms with Gasteiger partial charge in [-0.3, -0.25) is 0 Å². The van der Waals surface area contributed by atoms with Gasteiger partial charge in [-0.05, 0) is 34.9 Å². The van der Waals surface area contributed by atoms with Crippen LogP contribution in [-0.2, 0) is 0 Å². The standard InChI is InChI=1S/C17H13FN2O/c1-21-17-10-15(11-19-20-17)14-4-2-3-13(9-14)12-5-7-16(18)8-6-12/h2-11H,1H3. The maximum Gasteiger partial charge on any atom is 0.233 e. The fourth-order valence-electron chi connectivity index (χ4n) is 2.13. The lowest BCUT2D eigenvalue weighted by atomic mass is 10.0. The SMILES string of the molecule is COc1cc(-c2cccc(-c3ccc(F)cc3)c2)cnn1. The van der Waals surface area contributed by atoms with E-state index in [9.17, 15) is 4.39 Å². The summed E-state index contributed by atoms with van der Waals surface area (Å²) in [6.07, 6.45) is 1.69. The molecular weight excluding hydrogens is 267 g/mol. The highest BCUT2D eigenvalue weighted by Crippen LogP contribution is 2.27. The summed E-state index contributed by atoms with van der Waals surface area (Å²) in [6.45, 7) is 0. The van der Waals surface area contributed by atoms with Gasteiger partial charge in [-0.1, -0.05) is 30.3 Å². The smallest absolute Gasteiger partial charge is 0.233 e. The minimum Gasteiger partial charge on any atom is -0.480 e. The molecule has 0 bridgehead atoms. The second kappa shape index (κ2) is 5.71. The lowest BCUT2D eigenvalue weighted by Gasteiger charge is -2.06. The summed E-state index contributed by atoms with van der Waals surface area (Å²) in [7, 11) is 1.56. The van der Waals surface area contributed by atoms with Gasteiger partial charge in [0.05, 0.1) is 13.3 Å². The lowest BCUT2D eigenvalue weighted by molar-refractivity contribution is 0.392. The Morgan fingerprint density at radius 2 is 1.57 bits per heavy atom. The quantitative estimate of drug-likeness (QED) is 0.728. The molecule has 2 aromatic carbocycles. The minimum atomic E-state index is -0.238. The monoisotopic (exact) mass is 280 g/mol. The highest BCUT2D eigenvalue weighted by molar-refractivity contribution is 5.72. The van der Waals surface area contributed by atoms with E-state index < -0.39 is 0 Å². The van der Waals surface area contributed by atoms with Crippen molar-refractivity contribution in [3.63, 3.8) is 0 Å². The number of nitrogens with zero attached hydrogens (tertiary/aromatic N) is 2. The number of benzene rings is 2. The molecule has 1 heterocycles. The van der Waals surface area contributed by atoms with Gasteiger partial charge in [-0.15, -0.1) is 5.10 Å². The molecule has 3 nitrogen and oxygen atoms in total. The predicted molar refractivity (Wildman–Crippen MR) is 79.4 cm³/mol. The maximum absolute atomic E-state index is 13.0. The summed E-state index contributed by atoms with van der Waals surface area (Å²) in [4.78, 5) is 0. The molecular formula is C17H13FN2O. The number of rotatable bonds is 3. The van der Waals surface area contributed by atoms with Crippen molar-refractivity contribution in [1.29, 1.82) is 0 Å². The van der Waals surface area contributed by atoms with Crippen LogP contribution in [-0.4, -0.2) is 17.3 Å². The van der Waals surface area contributed by atoms with Crippen molar-refractivity contribution in [3.8, 4) is 28.1 Å². The average molecular weight is 280 g/mol. The molecule has 0 saturated heterocycles. The normalized spacial score (nSPS) is 10.4. The van der Waals surface area contributed by atoms with Crippen LogP contribution >= 0.6 is 0 Å². The molecule has 0 unspecified atom stereocenters. The second-order valence-corrected chi connectivity index (χ2v) is 4.57. The van der Waals surface area contributed by atoms with Gasteiger partial charge >= 0.3 is 0 Å². The molecule has 4 heteroatoms. The van der Waals surface area contributed by atoms with Crippen LogP contribution < -0.4 is 4.74 Å². The molecule has 0 aliphatic heterocycles. The van der Waals surface area contributed by atoms with Gasteiger partial charge in [0.15, 0.2) is 0 Å². The van der Waals surface area contributed by atoms with E-state index in [1.807, 2.05) is 30.3 Å². The zero-order valence-corrected chi connectivity index (χ0v) is 11.5.